The Hall–Kier alpha value is -4.40. The lowest BCUT2D eigenvalue weighted by molar-refractivity contribution is -0.153. The van der Waals surface area contributed by atoms with Crippen LogP contribution in [0.1, 0.15) is 49.7 Å². The summed E-state index contributed by atoms with van der Waals surface area (Å²) in [6.07, 6.45) is -1.80. The molecule has 1 atom stereocenters. The highest BCUT2D eigenvalue weighted by molar-refractivity contribution is 6.08. The third-order valence-electron chi connectivity index (χ3n) is 6.36. The number of benzene rings is 1. The average molecular weight is 496 g/mol. The quantitative estimate of drug-likeness (QED) is 0.573. The molecule has 2 amide bonds. The molecule has 12 heteroatoms. The summed E-state index contributed by atoms with van der Waals surface area (Å²) in [4.78, 5) is 30.3. The number of rotatable bonds is 4. The molecule has 1 aliphatic carbocycles. The van der Waals surface area contributed by atoms with Gasteiger partial charge in [-0.3, -0.25) is 9.59 Å². The number of aryl methyl sites for hydroxylation is 1. The molecule has 5 rings (SSSR count). The van der Waals surface area contributed by atoms with Crippen molar-refractivity contribution in [3.63, 3.8) is 0 Å². The maximum atomic E-state index is 13.4. The van der Waals surface area contributed by atoms with Gasteiger partial charge in [0.15, 0.2) is 12.4 Å². The summed E-state index contributed by atoms with van der Waals surface area (Å²) in [6.45, 7) is -1.39. The molecule has 3 heterocycles. The average Bonchev–Trinajstić information content (AvgIpc) is 3.41. The Labute approximate surface area is 202 Å². The zero-order valence-electron chi connectivity index (χ0n) is 18.9. The van der Waals surface area contributed by atoms with Crippen LogP contribution in [-0.4, -0.2) is 46.4 Å². The van der Waals surface area contributed by atoms with Gasteiger partial charge in [-0.2, -0.15) is 23.5 Å². The van der Waals surface area contributed by atoms with E-state index in [9.17, 15) is 22.8 Å². The summed E-state index contributed by atoms with van der Waals surface area (Å²) < 4.78 is 43.8. The Balaban J connectivity index is 1.53. The van der Waals surface area contributed by atoms with Crippen molar-refractivity contribution in [1.29, 1.82) is 5.26 Å². The van der Waals surface area contributed by atoms with Gasteiger partial charge in [-0.15, -0.1) is 0 Å². The number of carbonyl (C=O) groups excluding carboxylic acids is 2. The fourth-order valence-corrected chi connectivity index (χ4v) is 4.80. The summed E-state index contributed by atoms with van der Waals surface area (Å²) in [5, 5.41) is 19.2. The first kappa shape index (κ1) is 23.3. The van der Waals surface area contributed by atoms with Crippen LogP contribution >= 0.6 is 0 Å². The lowest BCUT2D eigenvalue weighted by atomic mass is 9.82. The Bertz CT molecular complexity index is 1420. The smallest absolute Gasteiger partial charge is 0.422 e. The van der Waals surface area contributed by atoms with Crippen LogP contribution in [0.15, 0.2) is 36.5 Å². The molecule has 0 saturated carbocycles. The van der Waals surface area contributed by atoms with E-state index in [1.807, 2.05) is 6.07 Å². The number of fused-ring (bicyclic) bond motifs is 3. The van der Waals surface area contributed by atoms with Crippen LogP contribution in [-0.2, 0) is 18.4 Å². The van der Waals surface area contributed by atoms with E-state index in [4.69, 9.17) is 10.00 Å². The van der Waals surface area contributed by atoms with Crippen LogP contribution in [0.3, 0.4) is 0 Å². The van der Waals surface area contributed by atoms with E-state index in [1.54, 1.807) is 12.1 Å². The van der Waals surface area contributed by atoms with Gasteiger partial charge in [-0.25, -0.2) is 9.67 Å². The summed E-state index contributed by atoms with van der Waals surface area (Å²) in [5.74, 6) is -0.648. The van der Waals surface area contributed by atoms with Crippen LogP contribution in [0.5, 0.6) is 5.75 Å². The first-order valence-electron chi connectivity index (χ1n) is 11.0. The van der Waals surface area contributed by atoms with Gasteiger partial charge >= 0.3 is 6.18 Å². The highest BCUT2D eigenvalue weighted by Gasteiger charge is 2.47. The van der Waals surface area contributed by atoms with Crippen LogP contribution in [0.4, 0.5) is 13.2 Å². The van der Waals surface area contributed by atoms with E-state index >= 15 is 0 Å². The molecule has 0 saturated heterocycles. The standard InChI is InChI=1S/C24H19F3N6O3/c1-29-22(35)20-19-17(32-33(20)18-5-2-13(10-28)11-30-18)9-23(31-21(19)34)7-6-14-8-15(3-4-16(14)23)36-12-24(25,26)27/h2-5,8,11H,6-7,9,12H2,1H3,(H,29,35)(H,31,34)/t23-/m0/s1. The number of alkyl halides is 3. The number of nitrogens with one attached hydrogen (secondary N) is 2. The molecule has 2 aromatic heterocycles. The van der Waals surface area contributed by atoms with Crippen LogP contribution in [0.25, 0.3) is 5.82 Å². The monoisotopic (exact) mass is 496 g/mol. The Morgan fingerprint density at radius 1 is 1.33 bits per heavy atom. The zero-order chi connectivity index (χ0) is 25.7. The number of ether oxygens (including phenoxy) is 1. The third-order valence-corrected chi connectivity index (χ3v) is 6.36. The molecule has 2 aliphatic rings. The third kappa shape index (κ3) is 3.92. The van der Waals surface area contributed by atoms with Crippen LogP contribution in [0, 0.1) is 11.3 Å². The minimum absolute atomic E-state index is 0.0196. The van der Waals surface area contributed by atoms with Crippen LogP contribution < -0.4 is 15.4 Å². The molecule has 2 N–H and O–H groups in total. The summed E-state index contributed by atoms with van der Waals surface area (Å²) in [6, 6.07) is 9.72. The van der Waals surface area contributed by atoms with Gasteiger partial charge in [-0.05, 0) is 48.2 Å². The fraction of sp³-hybridized carbons (Fsp3) is 0.292. The van der Waals surface area contributed by atoms with E-state index in [0.29, 0.717) is 24.1 Å². The maximum Gasteiger partial charge on any atom is 0.422 e. The summed E-state index contributed by atoms with van der Waals surface area (Å²) in [7, 11) is 1.44. The van der Waals surface area contributed by atoms with Crippen molar-refractivity contribution in [2.24, 2.45) is 0 Å². The highest BCUT2D eigenvalue weighted by Crippen LogP contribution is 2.44. The van der Waals surface area contributed by atoms with Gasteiger partial charge in [-0.1, -0.05) is 6.07 Å². The Kier molecular flexibility index (Phi) is 5.43. The Morgan fingerprint density at radius 3 is 2.81 bits per heavy atom. The van der Waals surface area contributed by atoms with Gasteiger partial charge in [0, 0.05) is 19.7 Å². The van der Waals surface area contributed by atoms with Crippen molar-refractivity contribution in [2.75, 3.05) is 13.7 Å². The fourth-order valence-electron chi connectivity index (χ4n) is 4.80. The summed E-state index contributed by atoms with van der Waals surface area (Å²) >= 11 is 0. The number of nitriles is 1. The second-order valence-electron chi connectivity index (χ2n) is 8.61. The highest BCUT2D eigenvalue weighted by atomic mass is 19.4. The molecule has 1 aromatic carbocycles. The molecule has 1 aliphatic heterocycles. The minimum atomic E-state index is -4.45. The first-order chi connectivity index (χ1) is 17.1. The van der Waals surface area contributed by atoms with Crippen molar-refractivity contribution in [3.8, 4) is 17.6 Å². The van der Waals surface area contributed by atoms with Crippen molar-refractivity contribution >= 4 is 11.8 Å². The van der Waals surface area contributed by atoms with Crippen LogP contribution in [0.2, 0.25) is 0 Å². The topological polar surface area (TPSA) is 122 Å². The van der Waals surface area contributed by atoms with Gasteiger partial charge in [0.2, 0.25) is 0 Å². The van der Waals surface area contributed by atoms with Crippen molar-refractivity contribution < 1.29 is 27.5 Å². The molecule has 0 fully saturated rings. The Morgan fingerprint density at radius 2 is 2.14 bits per heavy atom. The number of amides is 2. The van der Waals surface area contributed by atoms with E-state index in [0.717, 1.165) is 11.1 Å². The predicted molar refractivity (Wildman–Crippen MR) is 119 cm³/mol. The molecular weight excluding hydrogens is 477 g/mol. The summed E-state index contributed by atoms with van der Waals surface area (Å²) in [5.41, 5.74) is 1.60. The normalized spacial score (nSPS) is 18.2. The maximum absolute atomic E-state index is 13.4. The van der Waals surface area contributed by atoms with Crippen molar-refractivity contribution in [2.45, 2.75) is 31.0 Å². The van der Waals surface area contributed by atoms with E-state index < -0.39 is 30.1 Å². The van der Waals surface area contributed by atoms with Gasteiger partial charge in [0.25, 0.3) is 11.8 Å². The van der Waals surface area contributed by atoms with Crippen molar-refractivity contribution in [3.05, 3.63) is 70.2 Å². The number of nitrogens with zero attached hydrogens (tertiary/aromatic N) is 4. The SMILES string of the molecule is CNC(=O)c1c2c(nn1-c1ccc(C#N)cn1)C[C@]1(CCc3cc(OCC(F)(F)F)ccc31)NC2=O. The number of carbonyl (C=O) groups is 2. The molecule has 3 aromatic rings. The lowest BCUT2D eigenvalue weighted by Gasteiger charge is -2.35. The van der Waals surface area contributed by atoms with Crippen molar-refractivity contribution in [1.82, 2.24) is 25.4 Å². The van der Waals surface area contributed by atoms with E-state index in [1.165, 1.54) is 36.1 Å². The second-order valence-corrected chi connectivity index (χ2v) is 8.61. The van der Waals surface area contributed by atoms with E-state index in [2.05, 4.69) is 20.7 Å². The molecule has 1 spiro atoms. The van der Waals surface area contributed by atoms with Gasteiger partial charge in [0.1, 0.15) is 17.5 Å². The van der Waals surface area contributed by atoms with Gasteiger partial charge < -0.3 is 15.4 Å². The lowest BCUT2D eigenvalue weighted by Crippen LogP contribution is -2.50. The number of aromatic nitrogens is 3. The predicted octanol–water partition coefficient (Wildman–Crippen LogP) is 2.57. The minimum Gasteiger partial charge on any atom is -0.484 e. The van der Waals surface area contributed by atoms with E-state index in [-0.39, 0.29) is 29.2 Å². The number of hydrogen-bond acceptors (Lipinski definition) is 6. The molecule has 184 valence electrons. The second kappa shape index (κ2) is 8.37. The number of pyridine rings is 1. The zero-order valence-corrected chi connectivity index (χ0v) is 18.9. The molecule has 0 radical (unpaired) electrons. The first-order valence-corrected chi connectivity index (χ1v) is 11.0. The number of hydrogen-bond donors (Lipinski definition) is 2. The molecule has 0 unspecified atom stereocenters. The van der Waals surface area contributed by atoms with Gasteiger partial charge in [0.05, 0.1) is 22.4 Å². The molecule has 9 nitrogen and oxygen atoms in total. The number of halogens is 3. The largest absolute Gasteiger partial charge is 0.484 e. The molecule has 36 heavy (non-hydrogen) atoms. The molecule has 0 bridgehead atoms. The molecular formula is C24H19F3N6O3.